The van der Waals surface area contributed by atoms with Crippen LogP contribution in [0.4, 0.5) is 0 Å². The molecule has 1 aromatic heterocycles. The van der Waals surface area contributed by atoms with Crippen molar-refractivity contribution in [3.8, 4) is 17.2 Å². The monoisotopic (exact) mass is 397 g/mol. The molecule has 0 aliphatic heterocycles. The Hall–Kier alpha value is -2.97. The highest BCUT2D eigenvalue weighted by atomic mass is 32.1. The molecule has 0 N–H and O–H groups in total. The Morgan fingerprint density at radius 2 is 1.75 bits per heavy atom. The van der Waals surface area contributed by atoms with Crippen molar-refractivity contribution < 1.29 is 9.47 Å². The molecule has 0 radical (unpaired) electrons. The number of benzene rings is 2. The van der Waals surface area contributed by atoms with Crippen molar-refractivity contribution in [2.45, 2.75) is 13.2 Å². The fourth-order valence-electron chi connectivity index (χ4n) is 2.69. The van der Waals surface area contributed by atoms with Gasteiger partial charge >= 0.3 is 0 Å². The molecule has 28 heavy (non-hydrogen) atoms. The number of hydrogen-bond donors (Lipinski definition) is 0. The number of rotatable bonds is 9. The summed E-state index contributed by atoms with van der Waals surface area (Å²) in [6.07, 6.45) is 1.73. The first-order chi connectivity index (χ1) is 13.6. The van der Waals surface area contributed by atoms with Gasteiger partial charge in [-0.1, -0.05) is 24.8 Å². The van der Waals surface area contributed by atoms with Gasteiger partial charge in [0.15, 0.2) is 0 Å². The summed E-state index contributed by atoms with van der Waals surface area (Å²) in [5.41, 5.74) is 2.01. The summed E-state index contributed by atoms with van der Waals surface area (Å²) < 4.78 is 14.5. The Bertz CT molecular complexity index is 964. The standard InChI is InChI=1S/C20H23N5O2S/c1-4-13-27-19-9-5-16(6-10-19)14-23(2)15-24-20(28)25(22-21-24)17-7-11-18(26-3)12-8-17/h4-12H,1,13-15H2,2-3H3. The molecule has 0 saturated heterocycles. The molecule has 0 unspecified atom stereocenters. The second-order valence-electron chi connectivity index (χ2n) is 6.27. The Labute approximate surface area is 169 Å². The van der Waals surface area contributed by atoms with E-state index in [0.717, 1.165) is 23.7 Å². The normalized spacial score (nSPS) is 10.8. The van der Waals surface area contributed by atoms with E-state index < -0.39 is 0 Å². The molecule has 7 nitrogen and oxygen atoms in total. The number of tetrazole rings is 1. The number of methoxy groups -OCH3 is 1. The minimum atomic E-state index is 0.501. The second kappa shape index (κ2) is 9.29. The van der Waals surface area contributed by atoms with Crippen LogP contribution in [0.1, 0.15) is 5.56 Å². The molecule has 0 atom stereocenters. The molecule has 0 amide bonds. The maximum atomic E-state index is 5.53. The topological polar surface area (TPSA) is 57.3 Å². The van der Waals surface area contributed by atoms with Crippen LogP contribution in [0.15, 0.2) is 61.2 Å². The predicted molar refractivity (Wildman–Crippen MR) is 110 cm³/mol. The molecular weight excluding hydrogens is 374 g/mol. The molecule has 0 aliphatic rings. The molecule has 0 spiro atoms. The third-order valence-electron chi connectivity index (χ3n) is 4.08. The van der Waals surface area contributed by atoms with Crippen LogP contribution in [0, 0.1) is 4.77 Å². The van der Waals surface area contributed by atoms with E-state index in [1.54, 1.807) is 22.5 Å². The summed E-state index contributed by atoms with van der Waals surface area (Å²) in [6, 6.07) is 15.5. The van der Waals surface area contributed by atoms with E-state index in [9.17, 15) is 0 Å². The maximum absolute atomic E-state index is 5.53. The van der Waals surface area contributed by atoms with E-state index in [4.69, 9.17) is 21.7 Å². The van der Waals surface area contributed by atoms with Crippen LogP contribution in [-0.4, -0.2) is 45.5 Å². The lowest BCUT2D eigenvalue weighted by molar-refractivity contribution is 0.242. The van der Waals surface area contributed by atoms with Crippen molar-refractivity contribution in [3.63, 3.8) is 0 Å². The zero-order chi connectivity index (χ0) is 19.9. The summed E-state index contributed by atoms with van der Waals surface area (Å²) in [6.45, 7) is 5.43. The molecule has 0 bridgehead atoms. The van der Waals surface area contributed by atoms with Gasteiger partial charge in [0.2, 0.25) is 4.77 Å². The van der Waals surface area contributed by atoms with Crippen molar-refractivity contribution in [3.05, 3.63) is 71.5 Å². The first kappa shape index (κ1) is 19.8. The second-order valence-corrected chi connectivity index (χ2v) is 6.64. The highest BCUT2D eigenvalue weighted by Gasteiger charge is 2.09. The van der Waals surface area contributed by atoms with Gasteiger partial charge in [-0.25, -0.2) is 4.68 Å². The molecular formula is C20H23N5O2S. The Balaban J connectivity index is 1.64. The highest BCUT2D eigenvalue weighted by Crippen LogP contribution is 2.15. The zero-order valence-corrected chi connectivity index (χ0v) is 16.8. The number of hydrogen-bond acceptors (Lipinski definition) is 6. The first-order valence-corrected chi connectivity index (χ1v) is 9.20. The van der Waals surface area contributed by atoms with Crippen LogP contribution in [0.5, 0.6) is 11.5 Å². The Morgan fingerprint density at radius 1 is 1.07 bits per heavy atom. The molecule has 8 heteroatoms. The summed E-state index contributed by atoms with van der Waals surface area (Å²) in [4.78, 5) is 2.11. The van der Waals surface area contributed by atoms with Crippen molar-refractivity contribution in [2.24, 2.45) is 0 Å². The van der Waals surface area contributed by atoms with Gasteiger partial charge in [-0.2, -0.15) is 4.68 Å². The number of nitrogens with zero attached hydrogens (tertiary/aromatic N) is 5. The van der Waals surface area contributed by atoms with Gasteiger partial charge in [0.1, 0.15) is 18.1 Å². The molecule has 0 saturated carbocycles. The number of aromatic nitrogens is 4. The molecule has 1 heterocycles. The average molecular weight is 398 g/mol. The fraction of sp³-hybridized carbons (Fsp3) is 0.250. The van der Waals surface area contributed by atoms with Gasteiger partial charge in [0.25, 0.3) is 0 Å². The molecule has 0 fully saturated rings. The minimum Gasteiger partial charge on any atom is -0.497 e. The quantitative estimate of drug-likeness (QED) is 0.407. The van der Waals surface area contributed by atoms with E-state index in [0.29, 0.717) is 18.0 Å². The van der Waals surface area contributed by atoms with E-state index in [-0.39, 0.29) is 0 Å². The molecule has 0 aliphatic carbocycles. The summed E-state index contributed by atoms with van der Waals surface area (Å²) in [5.74, 6) is 1.61. The average Bonchev–Trinajstić information content (AvgIpc) is 3.07. The zero-order valence-electron chi connectivity index (χ0n) is 16.0. The number of ether oxygens (including phenoxy) is 2. The van der Waals surface area contributed by atoms with Gasteiger partial charge in [0, 0.05) is 6.54 Å². The lowest BCUT2D eigenvalue weighted by Crippen LogP contribution is -2.22. The van der Waals surface area contributed by atoms with Crippen LogP contribution < -0.4 is 9.47 Å². The van der Waals surface area contributed by atoms with Gasteiger partial charge in [-0.15, -0.1) is 0 Å². The van der Waals surface area contributed by atoms with Gasteiger partial charge < -0.3 is 9.47 Å². The van der Waals surface area contributed by atoms with Gasteiger partial charge in [-0.05, 0) is 71.7 Å². The lowest BCUT2D eigenvalue weighted by atomic mass is 10.2. The van der Waals surface area contributed by atoms with Gasteiger partial charge in [-0.3, -0.25) is 4.90 Å². The fourth-order valence-corrected chi connectivity index (χ4v) is 2.92. The summed E-state index contributed by atoms with van der Waals surface area (Å²) in [7, 11) is 3.64. The van der Waals surface area contributed by atoms with Crippen molar-refractivity contribution in [1.29, 1.82) is 0 Å². The van der Waals surface area contributed by atoms with E-state index in [1.807, 2.05) is 55.6 Å². The third-order valence-corrected chi connectivity index (χ3v) is 4.46. The maximum Gasteiger partial charge on any atom is 0.221 e. The molecule has 2 aromatic carbocycles. The summed E-state index contributed by atoms with van der Waals surface area (Å²) >= 11 is 5.53. The summed E-state index contributed by atoms with van der Waals surface area (Å²) in [5, 5.41) is 8.36. The largest absolute Gasteiger partial charge is 0.497 e. The predicted octanol–water partition coefficient (Wildman–Crippen LogP) is 3.46. The minimum absolute atomic E-state index is 0.501. The molecule has 146 valence electrons. The lowest BCUT2D eigenvalue weighted by Gasteiger charge is -2.16. The van der Waals surface area contributed by atoms with E-state index in [2.05, 4.69) is 21.9 Å². The van der Waals surface area contributed by atoms with Crippen LogP contribution in [-0.2, 0) is 13.2 Å². The van der Waals surface area contributed by atoms with E-state index >= 15 is 0 Å². The smallest absolute Gasteiger partial charge is 0.221 e. The van der Waals surface area contributed by atoms with Crippen LogP contribution in [0.25, 0.3) is 5.69 Å². The Kier molecular flexibility index (Phi) is 6.57. The first-order valence-electron chi connectivity index (χ1n) is 8.79. The van der Waals surface area contributed by atoms with Crippen LogP contribution in [0.2, 0.25) is 0 Å². The molecule has 3 rings (SSSR count). The third kappa shape index (κ3) is 4.85. The molecule has 3 aromatic rings. The Morgan fingerprint density at radius 3 is 2.39 bits per heavy atom. The van der Waals surface area contributed by atoms with Gasteiger partial charge in [0.05, 0.1) is 19.5 Å². The van der Waals surface area contributed by atoms with Crippen LogP contribution in [0.3, 0.4) is 0 Å². The SMILES string of the molecule is C=CCOc1ccc(CN(C)Cn2nnn(-c3ccc(OC)cc3)c2=S)cc1. The van der Waals surface area contributed by atoms with Crippen molar-refractivity contribution in [1.82, 2.24) is 24.7 Å². The van der Waals surface area contributed by atoms with Crippen LogP contribution >= 0.6 is 12.2 Å². The van der Waals surface area contributed by atoms with E-state index in [1.165, 1.54) is 5.56 Å². The van der Waals surface area contributed by atoms with Crippen molar-refractivity contribution in [2.75, 3.05) is 20.8 Å². The highest BCUT2D eigenvalue weighted by molar-refractivity contribution is 7.71. The van der Waals surface area contributed by atoms with Crippen molar-refractivity contribution >= 4 is 12.2 Å².